The molecule has 2 aromatic carbocycles. The fourth-order valence-corrected chi connectivity index (χ4v) is 3.64. The summed E-state index contributed by atoms with van der Waals surface area (Å²) in [6.45, 7) is 3.82. The first-order chi connectivity index (χ1) is 13.1. The second kappa shape index (κ2) is 7.12. The monoisotopic (exact) mass is 399 g/mol. The average molecular weight is 399 g/mol. The van der Waals surface area contributed by atoms with Crippen molar-refractivity contribution in [3.8, 4) is 5.75 Å². The number of thiophene rings is 1. The molecule has 0 bridgehead atoms. The van der Waals surface area contributed by atoms with Gasteiger partial charge in [-0.2, -0.15) is 0 Å². The molecule has 8 heteroatoms. The van der Waals surface area contributed by atoms with Gasteiger partial charge in [-0.25, -0.2) is 0 Å². The van der Waals surface area contributed by atoms with Crippen molar-refractivity contribution < 1.29 is 9.90 Å². The number of hydrogen-bond donors (Lipinski definition) is 3. The van der Waals surface area contributed by atoms with Crippen LogP contribution in [0, 0.1) is 0 Å². The number of nitrogens with zero attached hydrogens (tertiary/aromatic N) is 1. The predicted octanol–water partition coefficient (Wildman–Crippen LogP) is 2.84. The number of para-hydroxylation sites is 1. The van der Waals surface area contributed by atoms with Crippen LogP contribution in [0.4, 0.5) is 17.1 Å². The lowest BCUT2D eigenvalue weighted by atomic mass is 10.0. The molecule has 3 aromatic rings. The number of carbonyl (C=O) groups is 1. The highest BCUT2D eigenvalue weighted by Gasteiger charge is 2.29. The Balaban J connectivity index is 1.93. The summed E-state index contributed by atoms with van der Waals surface area (Å²) in [6.07, 6.45) is 0. The maximum atomic E-state index is 12.2. The van der Waals surface area contributed by atoms with E-state index in [2.05, 4.69) is 10.6 Å². The molecule has 146 valence electrons. The molecule has 0 aliphatic heterocycles. The summed E-state index contributed by atoms with van der Waals surface area (Å²) >= 11 is 1.54. The second-order valence-electron chi connectivity index (χ2n) is 7.16. The zero-order chi connectivity index (χ0) is 20.6. The van der Waals surface area contributed by atoms with Crippen molar-refractivity contribution in [1.82, 2.24) is 4.90 Å². The van der Waals surface area contributed by atoms with Gasteiger partial charge in [0, 0.05) is 19.0 Å². The van der Waals surface area contributed by atoms with E-state index in [0.717, 1.165) is 4.88 Å². The van der Waals surface area contributed by atoms with Gasteiger partial charge in [0.2, 0.25) is 0 Å². The molecule has 0 saturated heterocycles. The third-order valence-electron chi connectivity index (χ3n) is 4.42. The van der Waals surface area contributed by atoms with Gasteiger partial charge < -0.3 is 20.6 Å². The normalized spacial score (nSPS) is 11.4. The van der Waals surface area contributed by atoms with Crippen molar-refractivity contribution in [3.63, 3.8) is 0 Å². The zero-order valence-corrected chi connectivity index (χ0v) is 16.8. The van der Waals surface area contributed by atoms with Crippen molar-refractivity contribution in [1.29, 1.82) is 0 Å². The molecular formula is C20H21N3O4S. The molecule has 1 heterocycles. The molecule has 3 rings (SSSR count). The maximum absolute atomic E-state index is 12.2. The quantitative estimate of drug-likeness (QED) is 0.435. The van der Waals surface area contributed by atoms with Crippen LogP contribution in [0.3, 0.4) is 0 Å². The standard InChI is InChI=1S/C20H21N3O4S/c1-20(2,13-9-6-10-28-13)22-15-14(17(25)18(15)26)21-12-8-5-7-11(16(12)24)19(27)23(3)4/h5-10,21-22,24H,1-4H3. The van der Waals surface area contributed by atoms with Crippen molar-refractivity contribution in [2.24, 2.45) is 0 Å². The SMILES string of the molecule is CN(C)C(=O)c1cccc(Nc2c(NC(C)(C)c3cccs3)c(=O)c2=O)c1O. The van der Waals surface area contributed by atoms with Crippen LogP contribution in [0.25, 0.3) is 0 Å². The van der Waals surface area contributed by atoms with Crippen molar-refractivity contribution in [2.75, 3.05) is 24.7 Å². The van der Waals surface area contributed by atoms with E-state index in [1.807, 2.05) is 31.4 Å². The maximum Gasteiger partial charge on any atom is 0.257 e. The summed E-state index contributed by atoms with van der Waals surface area (Å²) < 4.78 is 0. The highest BCUT2D eigenvalue weighted by atomic mass is 32.1. The van der Waals surface area contributed by atoms with Gasteiger partial charge >= 0.3 is 0 Å². The van der Waals surface area contributed by atoms with E-state index < -0.39 is 16.4 Å². The van der Waals surface area contributed by atoms with Gasteiger partial charge in [-0.3, -0.25) is 14.4 Å². The van der Waals surface area contributed by atoms with Crippen LogP contribution < -0.4 is 21.5 Å². The van der Waals surface area contributed by atoms with Crippen LogP contribution >= 0.6 is 11.3 Å². The van der Waals surface area contributed by atoms with Gasteiger partial charge in [0.15, 0.2) is 5.75 Å². The first-order valence-corrected chi connectivity index (χ1v) is 9.47. The van der Waals surface area contributed by atoms with E-state index >= 15 is 0 Å². The summed E-state index contributed by atoms with van der Waals surface area (Å²) in [7, 11) is 3.15. The van der Waals surface area contributed by atoms with Crippen LogP contribution in [0.2, 0.25) is 0 Å². The minimum atomic E-state index is -0.673. The van der Waals surface area contributed by atoms with E-state index in [1.54, 1.807) is 31.5 Å². The lowest BCUT2D eigenvalue weighted by Gasteiger charge is -2.28. The Bertz CT molecular complexity index is 1090. The lowest BCUT2D eigenvalue weighted by Crippen LogP contribution is -2.41. The highest BCUT2D eigenvalue weighted by molar-refractivity contribution is 7.10. The molecule has 1 amide bonds. The summed E-state index contributed by atoms with van der Waals surface area (Å²) in [5.74, 6) is -0.652. The van der Waals surface area contributed by atoms with E-state index in [1.165, 1.54) is 17.0 Å². The Morgan fingerprint density at radius 2 is 1.75 bits per heavy atom. The Hall–Kier alpha value is -3.13. The number of benzene rings is 1. The minimum absolute atomic E-state index is 0.0689. The molecule has 0 saturated carbocycles. The lowest BCUT2D eigenvalue weighted by molar-refractivity contribution is 0.0824. The summed E-state index contributed by atoms with van der Waals surface area (Å²) in [6, 6.07) is 8.47. The van der Waals surface area contributed by atoms with Crippen LogP contribution in [0.15, 0.2) is 45.3 Å². The number of hydrogen-bond acceptors (Lipinski definition) is 7. The number of phenolic OH excluding ortho intramolecular Hbond substituents is 1. The Morgan fingerprint density at radius 1 is 1.07 bits per heavy atom. The number of amides is 1. The van der Waals surface area contributed by atoms with Crippen LogP contribution in [-0.4, -0.2) is 30.0 Å². The molecule has 0 aliphatic rings. The largest absolute Gasteiger partial charge is 0.505 e. The smallest absolute Gasteiger partial charge is 0.257 e. The topological polar surface area (TPSA) is 98.7 Å². The Labute approximate surface area is 165 Å². The van der Waals surface area contributed by atoms with E-state index in [-0.39, 0.29) is 34.3 Å². The molecule has 28 heavy (non-hydrogen) atoms. The van der Waals surface area contributed by atoms with Crippen molar-refractivity contribution >= 4 is 34.3 Å². The van der Waals surface area contributed by atoms with Gasteiger partial charge in [-0.05, 0) is 37.4 Å². The Kier molecular flexibility index (Phi) is 4.99. The number of phenols is 1. The molecule has 0 spiro atoms. The number of anilines is 3. The molecule has 1 aromatic heterocycles. The van der Waals surface area contributed by atoms with E-state index in [0.29, 0.717) is 0 Å². The fourth-order valence-electron chi connectivity index (χ4n) is 2.83. The molecule has 3 N–H and O–H groups in total. The van der Waals surface area contributed by atoms with Crippen molar-refractivity contribution in [3.05, 3.63) is 66.6 Å². The Morgan fingerprint density at radius 3 is 2.36 bits per heavy atom. The van der Waals surface area contributed by atoms with Gasteiger partial charge in [0.25, 0.3) is 16.8 Å². The predicted molar refractivity (Wildman–Crippen MR) is 112 cm³/mol. The van der Waals surface area contributed by atoms with Gasteiger partial charge in [0.1, 0.15) is 11.4 Å². The van der Waals surface area contributed by atoms with Gasteiger partial charge in [-0.1, -0.05) is 12.1 Å². The fraction of sp³-hybridized carbons (Fsp3) is 0.250. The summed E-state index contributed by atoms with van der Waals surface area (Å²) in [4.78, 5) is 38.8. The molecule has 0 unspecified atom stereocenters. The molecular weight excluding hydrogens is 378 g/mol. The number of aromatic hydroxyl groups is 1. The van der Waals surface area contributed by atoms with Gasteiger partial charge in [-0.15, -0.1) is 11.3 Å². The van der Waals surface area contributed by atoms with E-state index in [9.17, 15) is 19.5 Å². The van der Waals surface area contributed by atoms with Crippen molar-refractivity contribution in [2.45, 2.75) is 19.4 Å². The number of carbonyl (C=O) groups excluding carboxylic acids is 1. The van der Waals surface area contributed by atoms with Gasteiger partial charge in [0.05, 0.1) is 16.8 Å². The van der Waals surface area contributed by atoms with Crippen LogP contribution in [-0.2, 0) is 5.54 Å². The minimum Gasteiger partial charge on any atom is -0.505 e. The molecule has 0 atom stereocenters. The highest BCUT2D eigenvalue weighted by Crippen LogP contribution is 2.34. The molecule has 0 fully saturated rings. The molecule has 7 nitrogen and oxygen atoms in total. The van der Waals surface area contributed by atoms with E-state index in [4.69, 9.17) is 0 Å². The first kappa shape index (κ1) is 19.6. The molecule has 0 aliphatic carbocycles. The zero-order valence-electron chi connectivity index (χ0n) is 16.0. The molecule has 0 radical (unpaired) electrons. The third-order valence-corrected chi connectivity index (χ3v) is 5.61. The summed E-state index contributed by atoms with van der Waals surface area (Å²) in [5, 5.41) is 18.3. The van der Waals surface area contributed by atoms with Crippen LogP contribution in [0.5, 0.6) is 5.75 Å². The third kappa shape index (κ3) is 3.38. The number of rotatable bonds is 6. The van der Waals surface area contributed by atoms with Crippen LogP contribution in [0.1, 0.15) is 29.1 Å². The second-order valence-corrected chi connectivity index (χ2v) is 8.11. The number of nitrogens with one attached hydrogen (secondary N) is 2. The summed E-state index contributed by atoms with van der Waals surface area (Å²) in [5.41, 5.74) is -1.34. The first-order valence-electron chi connectivity index (χ1n) is 8.59. The average Bonchev–Trinajstić information content (AvgIpc) is 3.20.